The van der Waals surface area contributed by atoms with Crippen molar-refractivity contribution in [3.05, 3.63) is 46.6 Å². The summed E-state index contributed by atoms with van der Waals surface area (Å²) in [5, 5.41) is 39.6. The average molecular weight is 402 g/mol. The number of fused-ring (bicyclic) bond motifs is 2. The van der Waals surface area contributed by atoms with Gasteiger partial charge >= 0.3 is 5.97 Å². The van der Waals surface area contributed by atoms with Crippen LogP contribution in [0.2, 0.25) is 0 Å². The van der Waals surface area contributed by atoms with Crippen LogP contribution in [0.5, 0.6) is 11.5 Å². The van der Waals surface area contributed by atoms with Crippen LogP contribution in [0.1, 0.15) is 6.92 Å². The van der Waals surface area contributed by atoms with Gasteiger partial charge in [0.25, 0.3) is 0 Å². The Morgan fingerprint density at radius 1 is 1.10 bits per heavy atom. The Hall–Kier alpha value is -3.14. The second-order valence-corrected chi connectivity index (χ2v) is 6.96. The molecule has 2 heterocycles. The van der Waals surface area contributed by atoms with Crippen LogP contribution in [-0.2, 0) is 9.53 Å². The number of benzene rings is 2. The summed E-state index contributed by atoms with van der Waals surface area (Å²) in [7, 11) is 0. The quantitative estimate of drug-likeness (QED) is 0.474. The first-order chi connectivity index (χ1) is 13.8. The topological polar surface area (TPSA) is 147 Å². The lowest BCUT2D eigenvalue weighted by Gasteiger charge is -2.39. The summed E-state index contributed by atoms with van der Waals surface area (Å²) in [5.74, 6) is -2.30. The zero-order valence-corrected chi connectivity index (χ0v) is 15.2. The number of aliphatic hydroxyl groups is 2. The van der Waals surface area contributed by atoms with Crippen LogP contribution in [0.15, 0.2) is 45.6 Å². The van der Waals surface area contributed by atoms with Crippen LogP contribution in [-0.4, -0.2) is 51.0 Å². The zero-order chi connectivity index (χ0) is 20.9. The molecule has 0 aliphatic carbocycles. The predicted octanol–water partition coefficient (Wildman–Crippen LogP) is 1.20. The molecule has 0 radical (unpaired) electrons. The van der Waals surface area contributed by atoms with Gasteiger partial charge in [-0.25, -0.2) is 4.79 Å². The third-order valence-electron chi connectivity index (χ3n) is 5.09. The third kappa shape index (κ3) is 3.19. The highest BCUT2D eigenvalue weighted by molar-refractivity contribution is 5.93. The van der Waals surface area contributed by atoms with E-state index in [0.29, 0.717) is 0 Å². The number of carboxylic acid groups (broad SMARTS) is 1. The molecule has 1 aromatic heterocycles. The molecule has 1 fully saturated rings. The predicted molar refractivity (Wildman–Crippen MR) is 99.8 cm³/mol. The maximum absolute atomic E-state index is 12.8. The number of aliphatic carboxylic acids is 1. The average Bonchev–Trinajstić information content (AvgIpc) is 2.68. The largest absolute Gasteiger partial charge is 0.507 e. The molecular formula is C20H18O9. The van der Waals surface area contributed by atoms with Gasteiger partial charge in [-0.15, -0.1) is 0 Å². The highest BCUT2D eigenvalue weighted by atomic mass is 16.7. The van der Waals surface area contributed by atoms with E-state index in [9.17, 15) is 30.0 Å². The molecule has 9 nitrogen and oxygen atoms in total. The van der Waals surface area contributed by atoms with Crippen LogP contribution in [0.3, 0.4) is 0 Å². The summed E-state index contributed by atoms with van der Waals surface area (Å²) in [5.41, 5.74) is 0.0224. The smallest absolute Gasteiger partial charge is 0.335 e. The van der Waals surface area contributed by atoms with E-state index >= 15 is 0 Å². The molecular weight excluding hydrogens is 384 g/mol. The molecule has 0 saturated carbocycles. The van der Waals surface area contributed by atoms with E-state index in [1.54, 1.807) is 12.1 Å². The van der Waals surface area contributed by atoms with E-state index in [-0.39, 0.29) is 33.4 Å². The normalized spacial score (nSPS) is 27.2. The van der Waals surface area contributed by atoms with Crippen molar-refractivity contribution in [3.63, 3.8) is 0 Å². The molecule has 152 valence electrons. The van der Waals surface area contributed by atoms with Crippen molar-refractivity contribution in [3.8, 4) is 11.5 Å². The minimum absolute atomic E-state index is 0.0220. The number of aliphatic hydroxyl groups excluding tert-OH is 2. The van der Waals surface area contributed by atoms with Gasteiger partial charge in [0.15, 0.2) is 6.10 Å². The fourth-order valence-electron chi connectivity index (χ4n) is 3.40. The first-order valence-corrected chi connectivity index (χ1v) is 8.87. The van der Waals surface area contributed by atoms with Crippen LogP contribution >= 0.6 is 0 Å². The number of phenolic OH excluding ortho intramolecular Hbond substituents is 1. The highest BCUT2D eigenvalue weighted by Gasteiger charge is 2.46. The Kier molecular flexibility index (Phi) is 4.65. The molecule has 0 bridgehead atoms. The molecule has 1 saturated heterocycles. The molecule has 2 aromatic carbocycles. The fraction of sp³-hybridized carbons (Fsp3) is 0.300. The molecule has 9 heteroatoms. The maximum atomic E-state index is 12.8. The molecule has 4 rings (SSSR count). The van der Waals surface area contributed by atoms with Gasteiger partial charge in [0.2, 0.25) is 11.7 Å². The summed E-state index contributed by atoms with van der Waals surface area (Å²) in [6.45, 7) is 1.48. The lowest BCUT2D eigenvalue weighted by atomic mass is 9.90. The molecule has 3 aromatic rings. The number of hydrogen-bond acceptors (Lipinski definition) is 8. The summed E-state index contributed by atoms with van der Waals surface area (Å²) in [6, 6.07) is 8.80. The Balaban J connectivity index is 1.72. The van der Waals surface area contributed by atoms with Crippen molar-refractivity contribution in [1.82, 2.24) is 0 Å². The molecule has 0 amide bonds. The lowest BCUT2D eigenvalue weighted by Crippen LogP contribution is -2.57. The van der Waals surface area contributed by atoms with Crippen molar-refractivity contribution in [2.24, 2.45) is 5.92 Å². The third-order valence-corrected chi connectivity index (χ3v) is 5.09. The van der Waals surface area contributed by atoms with E-state index in [0.717, 1.165) is 0 Å². The minimum Gasteiger partial charge on any atom is -0.507 e. The summed E-state index contributed by atoms with van der Waals surface area (Å²) in [6.07, 6.45) is -5.63. The number of aromatic hydroxyl groups is 1. The van der Waals surface area contributed by atoms with Gasteiger partial charge in [-0.05, 0) is 30.3 Å². The monoisotopic (exact) mass is 402 g/mol. The minimum atomic E-state index is -1.56. The van der Waals surface area contributed by atoms with Crippen LogP contribution < -0.4 is 10.2 Å². The summed E-state index contributed by atoms with van der Waals surface area (Å²) in [4.78, 5) is 24.1. The van der Waals surface area contributed by atoms with Gasteiger partial charge in [0.1, 0.15) is 34.2 Å². The number of hydrogen-bond donors (Lipinski definition) is 4. The first kappa shape index (κ1) is 19.2. The van der Waals surface area contributed by atoms with Crippen LogP contribution in [0.25, 0.3) is 21.9 Å². The molecule has 0 unspecified atom stereocenters. The molecule has 1 aliphatic heterocycles. The van der Waals surface area contributed by atoms with E-state index in [4.69, 9.17) is 13.9 Å². The van der Waals surface area contributed by atoms with Gasteiger partial charge in [-0.3, -0.25) is 4.79 Å². The summed E-state index contributed by atoms with van der Waals surface area (Å²) < 4.78 is 16.4. The number of carbonyl (C=O) groups is 1. The van der Waals surface area contributed by atoms with E-state index in [2.05, 4.69) is 0 Å². The van der Waals surface area contributed by atoms with E-state index in [1.807, 2.05) is 0 Å². The lowest BCUT2D eigenvalue weighted by molar-refractivity contribution is -0.255. The van der Waals surface area contributed by atoms with Crippen molar-refractivity contribution in [2.75, 3.05) is 0 Å². The second kappa shape index (κ2) is 7.03. The molecule has 1 aliphatic rings. The fourth-order valence-corrected chi connectivity index (χ4v) is 3.40. The van der Waals surface area contributed by atoms with Gasteiger partial charge in [0, 0.05) is 5.92 Å². The number of ether oxygens (including phenoxy) is 2. The van der Waals surface area contributed by atoms with Crippen molar-refractivity contribution >= 4 is 27.9 Å². The van der Waals surface area contributed by atoms with Crippen molar-refractivity contribution < 1.29 is 39.1 Å². The summed E-state index contributed by atoms with van der Waals surface area (Å²) >= 11 is 0. The Labute approximate surface area is 163 Å². The zero-order valence-electron chi connectivity index (χ0n) is 15.2. The molecule has 4 N–H and O–H groups in total. The molecule has 0 spiro atoms. The van der Waals surface area contributed by atoms with Gasteiger partial charge in [-0.1, -0.05) is 13.0 Å². The van der Waals surface area contributed by atoms with E-state index in [1.165, 1.54) is 31.2 Å². The SMILES string of the molecule is C[C@H]1[C@H](O)[C@@H](Oc2ccc3oc4cccc(O)c4c(=O)c3c2)O[C@@H](C(=O)O)[C@@H]1O. The Morgan fingerprint density at radius 3 is 2.59 bits per heavy atom. The Bertz CT molecular complexity index is 1150. The van der Waals surface area contributed by atoms with Crippen LogP contribution in [0.4, 0.5) is 0 Å². The van der Waals surface area contributed by atoms with Gasteiger partial charge < -0.3 is 34.3 Å². The second-order valence-electron chi connectivity index (χ2n) is 6.96. The maximum Gasteiger partial charge on any atom is 0.335 e. The molecule has 5 atom stereocenters. The van der Waals surface area contributed by atoms with Crippen molar-refractivity contribution in [2.45, 2.75) is 31.5 Å². The number of rotatable bonds is 3. The van der Waals surface area contributed by atoms with Gasteiger partial charge in [-0.2, -0.15) is 0 Å². The standard InChI is InChI=1S/C20H18O9/c1-8-15(22)18(19(25)26)29-20(16(8)23)27-9-5-6-12-10(7-9)17(24)14-11(21)3-2-4-13(14)28-12/h2-8,15-16,18,20-23H,1H3,(H,25,26)/t8-,15-,16+,18-,20+/m1/s1. The Morgan fingerprint density at radius 2 is 1.86 bits per heavy atom. The van der Waals surface area contributed by atoms with Crippen molar-refractivity contribution in [1.29, 1.82) is 0 Å². The van der Waals surface area contributed by atoms with E-state index < -0.39 is 41.9 Å². The van der Waals surface area contributed by atoms with Crippen LogP contribution in [0, 0.1) is 5.92 Å². The molecule has 29 heavy (non-hydrogen) atoms. The number of phenols is 1. The number of carboxylic acids is 1. The first-order valence-electron chi connectivity index (χ1n) is 8.87. The van der Waals surface area contributed by atoms with Gasteiger partial charge in [0.05, 0.1) is 11.5 Å². The highest BCUT2D eigenvalue weighted by Crippen LogP contribution is 2.30.